The first-order chi connectivity index (χ1) is 3.97. The molecule has 1 heteroatoms. The van der Waals surface area contributed by atoms with Gasteiger partial charge < -0.3 is 4.57 Å². The average Bonchev–Trinajstić information content (AvgIpc) is 2.11. The Labute approximate surface area is 47.9 Å². The van der Waals surface area contributed by atoms with Gasteiger partial charge in [-0.25, -0.2) is 0 Å². The average molecular weight is 105 g/mol. The lowest BCUT2D eigenvalue weighted by Crippen LogP contribution is -1.73. The molecule has 0 saturated heterocycles. The summed E-state index contributed by atoms with van der Waals surface area (Å²) in [5.74, 6) is 0. The van der Waals surface area contributed by atoms with Crippen LogP contribution in [0.5, 0.6) is 0 Å². The lowest BCUT2D eigenvalue weighted by Gasteiger charge is -1.80. The minimum Gasteiger partial charge on any atom is -0.338 e. The van der Waals surface area contributed by atoms with Gasteiger partial charge in [0.1, 0.15) is 0 Å². The zero-order valence-electron chi connectivity index (χ0n) is 4.59. The SMILES string of the molecule is c1cc2n3c1CCC23. The van der Waals surface area contributed by atoms with Crippen molar-refractivity contribution in [1.29, 1.82) is 0 Å². The second kappa shape index (κ2) is 0.750. The van der Waals surface area contributed by atoms with E-state index in [4.69, 9.17) is 0 Å². The third-order valence-corrected chi connectivity index (χ3v) is 2.29. The van der Waals surface area contributed by atoms with Crippen LogP contribution in [0.3, 0.4) is 0 Å². The minimum absolute atomic E-state index is 0.870. The van der Waals surface area contributed by atoms with E-state index in [0.29, 0.717) is 0 Å². The van der Waals surface area contributed by atoms with E-state index in [-0.39, 0.29) is 0 Å². The molecule has 0 N–H and O–H groups in total. The van der Waals surface area contributed by atoms with Gasteiger partial charge in [0, 0.05) is 11.4 Å². The number of hydrogen-bond donors (Lipinski definition) is 0. The normalized spacial score (nSPS) is 28.2. The molecule has 40 valence electrons. The predicted octanol–water partition coefficient (Wildman–Crippen LogP) is 1.34. The first-order valence-electron chi connectivity index (χ1n) is 3.17. The molecule has 0 fully saturated rings. The van der Waals surface area contributed by atoms with Gasteiger partial charge in [-0.05, 0) is 25.0 Å². The van der Waals surface area contributed by atoms with E-state index in [1.165, 1.54) is 12.8 Å². The van der Waals surface area contributed by atoms with E-state index in [1.54, 1.807) is 11.4 Å². The van der Waals surface area contributed by atoms with Gasteiger partial charge in [0.25, 0.3) is 0 Å². The van der Waals surface area contributed by atoms with Crippen LogP contribution >= 0.6 is 0 Å². The fourth-order valence-electron chi connectivity index (χ4n) is 1.84. The highest BCUT2D eigenvalue weighted by Gasteiger charge is 2.38. The quantitative estimate of drug-likeness (QED) is 0.469. The van der Waals surface area contributed by atoms with Gasteiger partial charge in [-0.1, -0.05) is 0 Å². The highest BCUT2D eigenvalue weighted by Crippen LogP contribution is 2.46. The lowest BCUT2D eigenvalue weighted by atomic mass is 10.2. The van der Waals surface area contributed by atoms with Gasteiger partial charge >= 0.3 is 0 Å². The zero-order valence-corrected chi connectivity index (χ0v) is 4.59. The van der Waals surface area contributed by atoms with Crippen LogP contribution in [0.4, 0.5) is 0 Å². The number of rotatable bonds is 0. The third kappa shape index (κ3) is 0.178. The van der Waals surface area contributed by atoms with Crippen molar-refractivity contribution in [3.05, 3.63) is 23.5 Å². The van der Waals surface area contributed by atoms with Crippen molar-refractivity contribution in [3.63, 3.8) is 0 Å². The molecule has 1 atom stereocenters. The van der Waals surface area contributed by atoms with Crippen molar-refractivity contribution >= 4 is 0 Å². The Hall–Kier alpha value is -0.720. The van der Waals surface area contributed by atoms with E-state index in [1.807, 2.05) is 0 Å². The fraction of sp³-hybridized carbons (Fsp3) is 0.429. The standard InChI is InChI=1S/C7H7N/c1-3-6-7-4-2-5(1)8(6)7/h1,3,7H,2,4H2. The molecule has 3 heterocycles. The van der Waals surface area contributed by atoms with Crippen LogP contribution in [0, 0.1) is 0 Å². The molecule has 8 heavy (non-hydrogen) atoms. The Balaban J connectivity index is 2.47. The van der Waals surface area contributed by atoms with Gasteiger partial charge in [0.05, 0.1) is 6.04 Å². The summed E-state index contributed by atoms with van der Waals surface area (Å²) >= 11 is 0. The Morgan fingerprint density at radius 3 is 3.12 bits per heavy atom. The molecule has 2 aliphatic rings. The molecule has 0 aromatic carbocycles. The summed E-state index contributed by atoms with van der Waals surface area (Å²) < 4.78 is 2.44. The number of aromatic nitrogens is 1. The van der Waals surface area contributed by atoms with E-state index in [9.17, 15) is 0 Å². The monoisotopic (exact) mass is 105 g/mol. The molecule has 1 aromatic heterocycles. The van der Waals surface area contributed by atoms with Crippen molar-refractivity contribution in [2.45, 2.75) is 18.9 Å². The number of nitrogens with zero attached hydrogens (tertiary/aromatic N) is 1. The van der Waals surface area contributed by atoms with Gasteiger partial charge in [-0.2, -0.15) is 0 Å². The highest BCUT2D eigenvalue weighted by molar-refractivity contribution is 5.37. The van der Waals surface area contributed by atoms with E-state index in [0.717, 1.165) is 6.04 Å². The maximum atomic E-state index is 2.44. The maximum absolute atomic E-state index is 2.44. The molecule has 1 unspecified atom stereocenters. The molecule has 1 aromatic rings. The summed E-state index contributed by atoms with van der Waals surface area (Å²) in [6, 6.07) is 5.38. The van der Waals surface area contributed by atoms with Crippen molar-refractivity contribution in [1.82, 2.24) is 4.57 Å². The number of aryl methyl sites for hydroxylation is 1. The van der Waals surface area contributed by atoms with Crippen molar-refractivity contribution in [3.8, 4) is 0 Å². The van der Waals surface area contributed by atoms with Crippen LogP contribution in [0.2, 0.25) is 0 Å². The molecular formula is C7H7N. The van der Waals surface area contributed by atoms with Crippen molar-refractivity contribution < 1.29 is 0 Å². The van der Waals surface area contributed by atoms with Gasteiger partial charge in [0.15, 0.2) is 0 Å². The molecule has 1 nitrogen and oxygen atoms in total. The van der Waals surface area contributed by atoms with E-state index < -0.39 is 0 Å². The van der Waals surface area contributed by atoms with Crippen molar-refractivity contribution in [2.75, 3.05) is 0 Å². The van der Waals surface area contributed by atoms with Crippen LogP contribution in [-0.4, -0.2) is 4.57 Å². The summed E-state index contributed by atoms with van der Waals surface area (Å²) in [5, 5.41) is 0. The van der Waals surface area contributed by atoms with Crippen LogP contribution in [0.25, 0.3) is 0 Å². The minimum atomic E-state index is 0.870. The Morgan fingerprint density at radius 1 is 1.50 bits per heavy atom. The molecule has 0 spiro atoms. The molecular weight excluding hydrogens is 98.1 g/mol. The second-order valence-electron chi connectivity index (χ2n) is 2.67. The molecule has 0 saturated carbocycles. The largest absolute Gasteiger partial charge is 0.338 e. The summed E-state index contributed by atoms with van der Waals surface area (Å²) in [4.78, 5) is 0. The highest BCUT2D eigenvalue weighted by atomic mass is 15.2. The van der Waals surface area contributed by atoms with Crippen LogP contribution in [-0.2, 0) is 6.42 Å². The molecule has 0 radical (unpaired) electrons. The summed E-state index contributed by atoms with van der Waals surface area (Å²) in [6.07, 6.45) is 2.71. The predicted molar refractivity (Wildman–Crippen MR) is 30.9 cm³/mol. The summed E-state index contributed by atoms with van der Waals surface area (Å²) in [6.45, 7) is 0. The zero-order chi connectivity index (χ0) is 5.14. The Morgan fingerprint density at radius 2 is 2.50 bits per heavy atom. The number of fused-ring (bicyclic) bond motifs is 1. The molecule has 0 aliphatic carbocycles. The smallest absolute Gasteiger partial charge is 0.0741 e. The molecule has 0 bridgehead atoms. The number of hydrogen-bond acceptors (Lipinski definition) is 0. The van der Waals surface area contributed by atoms with Gasteiger partial charge in [0.2, 0.25) is 0 Å². The van der Waals surface area contributed by atoms with E-state index in [2.05, 4.69) is 16.7 Å². The Kier molecular flexibility index (Phi) is 0.312. The second-order valence-corrected chi connectivity index (χ2v) is 2.67. The fourth-order valence-corrected chi connectivity index (χ4v) is 1.84. The first-order valence-corrected chi connectivity index (χ1v) is 3.17. The lowest BCUT2D eigenvalue weighted by molar-refractivity contribution is 0.830. The summed E-state index contributed by atoms with van der Waals surface area (Å²) in [7, 11) is 0. The van der Waals surface area contributed by atoms with Crippen LogP contribution in [0.1, 0.15) is 23.9 Å². The van der Waals surface area contributed by atoms with Gasteiger partial charge in [-0.3, -0.25) is 0 Å². The summed E-state index contributed by atoms with van der Waals surface area (Å²) in [5.41, 5.74) is 3.14. The first kappa shape index (κ1) is 3.33. The molecule has 2 aliphatic heterocycles. The van der Waals surface area contributed by atoms with E-state index >= 15 is 0 Å². The molecule has 0 amide bonds. The topological polar surface area (TPSA) is 4.93 Å². The third-order valence-electron chi connectivity index (χ3n) is 2.29. The van der Waals surface area contributed by atoms with Gasteiger partial charge in [-0.15, -0.1) is 0 Å². The molecule has 3 rings (SSSR count). The van der Waals surface area contributed by atoms with Crippen molar-refractivity contribution in [2.24, 2.45) is 0 Å². The maximum Gasteiger partial charge on any atom is 0.0741 e. The van der Waals surface area contributed by atoms with Crippen LogP contribution in [0.15, 0.2) is 12.1 Å². The Bertz CT molecular complexity index is 247. The van der Waals surface area contributed by atoms with Crippen LogP contribution < -0.4 is 0 Å².